The van der Waals surface area contributed by atoms with E-state index in [9.17, 15) is 4.79 Å². The second-order valence-corrected chi connectivity index (χ2v) is 7.17. The number of nitrogens with one attached hydrogen (secondary N) is 1. The van der Waals surface area contributed by atoms with Crippen molar-refractivity contribution in [1.29, 1.82) is 0 Å². The lowest BCUT2D eigenvalue weighted by molar-refractivity contribution is -0.119. The lowest BCUT2D eigenvalue weighted by Crippen LogP contribution is -2.28. The lowest BCUT2D eigenvalue weighted by atomic mass is 9.89. The van der Waals surface area contributed by atoms with Gasteiger partial charge in [0.1, 0.15) is 0 Å². The summed E-state index contributed by atoms with van der Waals surface area (Å²) in [5.74, 6) is 0.545. The van der Waals surface area contributed by atoms with Crippen molar-refractivity contribution in [2.24, 2.45) is 0 Å². The Kier molecular flexibility index (Phi) is 5.39. The second kappa shape index (κ2) is 7.69. The minimum atomic E-state index is 0.0612. The summed E-state index contributed by atoms with van der Waals surface area (Å²) in [7, 11) is 0. The molecular weight excluding hydrogens is 302 g/mol. The zero-order valence-corrected chi connectivity index (χ0v) is 14.4. The quantitative estimate of drug-likeness (QED) is 0.818. The number of fused-ring (bicyclic) bond motifs is 1. The minimum absolute atomic E-state index is 0.0612. The third kappa shape index (κ3) is 4.38. The van der Waals surface area contributed by atoms with Crippen LogP contribution in [0.2, 0.25) is 0 Å². The highest BCUT2D eigenvalue weighted by atomic mass is 32.2. The summed E-state index contributed by atoms with van der Waals surface area (Å²) in [6.45, 7) is 2.07. The molecule has 0 saturated carbocycles. The van der Waals surface area contributed by atoms with E-state index in [-0.39, 0.29) is 11.9 Å². The molecule has 1 aliphatic rings. The van der Waals surface area contributed by atoms with Crippen molar-refractivity contribution in [3.63, 3.8) is 0 Å². The topological polar surface area (TPSA) is 29.1 Å². The van der Waals surface area contributed by atoms with Crippen molar-refractivity contribution in [1.82, 2.24) is 5.32 Å². The van der Waals surface area contributed by atoms with Gasteiger partial charge in [0.25, 0.3) is 0 Å². The van der Waals surface area contributed by atoms with Crippen LogP contribution in [0, 0.1) is 0 Å². The molecule has 120 valence electrons. The number of benzene rings is 2. The number of hydrogen-bond donors (Lipinski definition) is 1. The zero-order chi connectivity index (χ0) is 16.1. The normalized spacial score (nSPS) is 14.8. The van der Waals surface area contributed by atoms with Crippen LogP contribution in [-0.4, -0.2) is 11.7 Å². The van der Waals surface area contributed by atoms with Crippen LogP contribution >= 0.6 is 11.8 Å². The van der Waals surface area contributed by atoms with E-state index in [1.807, 2.05) is 30.3 Å². The van der Waals surface area contributed by atoms with Crippen LogP contribution in [0.15, 0.2) is 53.4 Å². The van der Waals surface area contributed by atoms with Crippen LogP contribution in [0.4, 0.5) is 0 Å². The number of aryl methyl sites for hydroxylation is 2. The molecule has 3 heteroatoms. The van der Waals surface area contributed by atoms with Crippen molar-refractivity contribution >= 4 is 17.7 Å². The van der Waals surface area contributed by atoms with Gasteiger partial charge in [0.05, 0.1) is 11.8 Å². The van der Waals surface area contributed by atoms with Crippen LogP contribution in [0.1, 0.15) is 42.5 Å². The van der Waals surface area contributed by atoms with Gasteiger partial charge in [-0.1, -0.05) is 36.4 Å². The summed E-state index contributed by atoms with van der Waals surface area (Å²) in [4.78, 5) is 13.3. The Morgan fingerprint density at radius 2 is 1.83 bits per heavy atom. The van der Waals surface area contributed by atoms with Crippen molar-refractivity contribution in [2.45, 2.75) is 43.5 Å². The summed E-state index contributed by atoms with van der Waals surface area (Å²) in [5, 5.41) is 3.11. The molecule has 0 unspecified atom stereocenters. The van der Waals surface area contributed by atoms with E-state index in [2.05, 4.69) is 30.4 Å². The van der Waals surface area contributed by atoms with Crippen molar-refractivity contribution < 1.29 is 4.79 Å². The molecule has 23 heavy (non-hydrogen) atoms. The van der Waals surface area contributed by atoms with E-state index < -0.39 is 0 Å². The Morgan fingerprint density at radius 3 is 2.61 bits per heavy atom. The van der Waals surface area contributed by atoms with E-state index in [0.29, 0.717) is 5.75 Å². The summed E-state index contributed by atoms with van der Waals surface area (Å²) in [6.07, 6.45) is 4.96. The first-order chi connectivity index (χ1) is 11.2. The monoisotopic (exact) mass is 325 g/mol. The molecule has 1 amide bonds. The van der Waals surface area contributed by atoms with Crippen LogP contribution in [-0.2, 0) is 17.6 Å². The third-order valence-electron chi connectivity index (χ3n) is 4.36. The van der Waals surface area contributed by atoms with Crippen LogP contribution in [0.5, 0.6) is 0 Å². The first-order valence-corrected chi connectivity index (χ1v) is 9.30. The first-order valence-electron chi connectivity index (χ1n) is 8.31. The van der Waals surface area contributed by atoms with Crippen molar-refractivity contribution in [3.05, 3.63) is 65.2 Å². The fraction of sp³-hybridized carbons (Fsp3) is 0.350. The summed E-state index contributed by atoms with van der Waals surface area (Å²) < 4.78 is 0. The van der Waals surface area contributed by atoms with E-state index in [4.69, 9.17) is 0 Å². The molecular formula is C20H23NOS. The van der Waals surface area contributed by atoms with Crippen molar-refractivity contribution in [3.8, 4) is 0 Å². The molecule has 0 fully saturated rings. The minimum Gasteiger partial charge on any atom is -0.349 e. The molecule has 0 radical (unpaired) electrons. The van der Waals surface area contributed by atoms with Crippen LogP contribution in [0.25, 0.3) is 0 Å². The van der Waals surface area contributed by atoms with Gasteiger partial charge in [-0.05, 0) is 61.4 Å². The molecule has 2 aromatic carbocycles. The van der Waals surface area contributed by atoms with Crippen LogP contribution < -0.4 is 5.32 Å². The van der Waals surface area contributed by atoms with Gasteiger partial charge in [-0.25, -0.2) is 0 Å². The molecule has 0 saturated heterocycles. The zero-order valence-electron chi connectivity index (χ0n) is 13.5. The average molecular weight is 325 g/mol. The molecule has 0 spiro atoms. The standard InChI is InChI=1S/C20H23NOS/c1-15(17-12-11-16-7-5-6-8-18(16)13-17)21-20(22)14-23-19-9-3-2-4-10-19/h2-4,9-13,15H,5-8,14H2,1H3,(H,21,22)/t15-/m0/s1. The molecule has 3 rings (SSSR count). The van der Waals surface area contributed by atoms with E-state index in [1.165, 1.54) is 42.4 Å². The lowest BCUT2D eigenvalue weighted by Gasteiger charge is -2.20. The molecule has 0 bridgehead atoms. The van der Waals surface area contributed by atoms with Gasteiger partial charge < -0.3 is 5.32 Å². The first kappa shape index (κ1) is 16.1. The smallest absolute Gasteiger partial charge is 0.230 e. The third-order valence-corrected chi connectivity index (χ3v) is 5.38. The van der Waals surface area contributed by atoms with Crippen molar-refractivity contribution in [2.75, 3.05) is 5.75 Å². The second-order valence-electron chi connectivity index (χ2n) is 6.13. The maximum Gasteiger partial charge on any atom is 0.230 e. The summed E-state index contributed by atoms with van der Waals surface area (Å²) in [6, 6.07) is 16.8. The Labute approximate surface area is 142 Å². The van der Waals surface area contributed by atoms with Gasteiger partial charge >= 0.3 is 0 Å². The molecule has 1 aliphatic carbocycles. The largest absolute Gasteiger partial charge is 0.349 e. The highest BCUT2D eigenvalue weighted by molar-refractivity contribution is 8.00. The van der Waals surface area contributed by atoms with Crippen LogP contribution in [0.3, 0.4) is 0 Å². The van der Waals surface area contributed by atoms with Gasteiger partial charge in [-0.3, -0.25) is 4.79 Å². The number of carbonyl (C=O) groups excluding carboxylic acids is 1. The predicted octanol–water partition coefficient (Wildman–Crippen LogP) is 4.53. The number of hydrogen-bond acceptors (Lipinski definition) is 2. The average Bonchev–Trinajstić information content (AvgIpc) is 2.60. The predicted molar refractivity (Wildman–Crippen MR) is 96.8 cm³/mol. The maximum atomic E-state index is 12.2. The molecule has 0 aliphatic heterocycles. The molecule has 0 aromatic heterocycles. The van der Waals surface area contributed by atoms with E-state index >= 15 is 0 Å². The molecule has 2 nitrogen and oxygen atoms in total. The van der Waals surface area contributed by atoms with E-state index in [1.54, 1.807) is 11.8 Å². The molecule has 2 aromatic rings. The fourth-order valence-corrected chi connectivity index (χ4v) is 3.79. The number of thioether (sulfide) groups is 1. The Balaban J connectivity index is 1.56. The highest BCUT2D eigenvalue weighted by Gasteiger charge is 2.14. The van der Waals surface area contributed by atoms with Gasteiger partial charge in [-0.15, -0.1) is 11.8 Å². The highest BCUT2D eigenvalue weighted by Crippen LogP contribution is 2.25. The van der Waals surface area contributed by atoms with Gasteiger partial charge in [0, 0.05) is 4.90 Å². The number of rotatable bonds is 5. The van der Waals surface area contributed by atoms with E-state index in [0.717, 1.165) is 4.90 Å². The molecule has 1 atom stereocenters. The van der Waals surface area contributed by atoms with Gasteiger partial charge in [-0.2, -0.15) is 0 Å². The summed E-state index contributed by atoms with van der Waals surface area (Å²) in [5.41, 5.74) is 4.16. The molecule has 0 heterocycles. The van der Waals surface area contributed by atoms with Gasteiger partial charge in [0.15, 0.2) is 0 Å². The number of carbonyl (C=O) groups is 1. The Bertz CT molecular complexity index is 669. The SMILES string of the molecule is C[C@H](NC(=O)CSc1ccccc1)c1ccc2c(c1)CCCC2. The fourth-order valence-electron chi connectivity index (χ4n) is 3.05. The Hall–Kier alpha value is -1.74. The maximum absolute atomic E-state index is 12.2. The summed E-state index contributed by atoms with van der Waals surface area (Å²) >= 11 is 1.58. The van der Waals surface area contributed by atoms with Gasteiger partial charge in [0.2, 0.25) is 5.91 Å². The Morgan fingerprint density at radius 1 is 1.09 bits per heavy atom. The molecule has 1 N–H and O–H groups in total. The number of amides is 1.